The molecule has 1 N–H and O–H groups in total. The zero-order chi connectivity index (χ0) is 18.8. The number of rotatable bonds is 4. The fraction of sp³-hybridized carbons (Fsp3) is 0.238. The Balaban J connectivity index is 1.48. The first-order valence-corrected chi connectivity index (χ1v) is 9.04. The number of imide groups is 1. The molecule has 2 aromatic rings. The van der Waals surface area contributed by atoms with E-state index in [0.717, 1.165) is 23.6 Å². The maximum atomic E-state index is 13.0. The summed E-state index contributed by atoms with van der Waals surface area (Å²) in [5, 5.41) is 2.62. The highest BCUT2D eigenvalue weighted by atomic mass is 19.1. The van der Waals surface area contributed by atoms with Gasteiger partial charge in [-0.25, -0.2) is 9.18 Å². The molecule has 0 spiro atoms. The average Bonchev–Trinajstić information content (AvgIpc) is 3.29. The van der Waals surface area contributed by atoms with Crippen LogP contribution in [0.5, 0.6) is 0 Å². The number of carbonyl (C=O) groups excluding carboxylic acids is 2. The molecule has 0 saturated carbocycles. The van der Waals surface area contributed by atoms with Crippen LogP contribution in [0.1, 0.15) is 24.0 Å². The van der Waals surface area contributed by atoms with E-state index in [9.17, 15) is 14.0 Å². The first-order chi connectivity index (χ1) is 13.1. The van der Waals surface area contributed by atoms with Crippen LogP contribution in [0, 0.1) is 5.82 Å². The van der Waals surface area contributed by atoms with Crippen LogP contribution in [0.2, 0.25) is 0 Å². The summed E-state index contributed by atoms with van der Waals surface area (Å²) in [5.41, 5.74) is 2.96. The second-order valence-electron chi connectivity index (χ2n) is 6.79. The van der Waals surface area contributed by atoms with Crippen molar-refractivity contribution in [2.24, 2.45) is 0 Å². The Hall–Kier alpha value is -3.15. The summed E-state index contributed by atoms with van der Waals surface area (Å²) < 4.78 is 13.0. The first kappa shape index (κ1) is 17.3. The van der Waals surface area contributed by atoms with Gasteiger partial charge in [0.05, 0.1) is 6.54 Å². The number of hydrogen-bond donors (Lipinski definition) is 1. The van der Waals surface area contributed by atoms with Gasteiger partial charge in [-0.2, -0.15) is 0 Å². The number of halogens is 1. The van der Waals surface area contributed by atoms with Crippen LogP contribution in [0.4, 0.5) is 14.9 Å². The van der Waals surface area contributed by atoms with Gasteiger partial charge in [0.2, 0.25) is 0 Å². The van der Waals surface area contributed by atoms with Crippen molar-refractivity contribution in [3.05, 3.63) is 71.2 Å². The Morgan fingerprint density at radius 3 is 2.30 bits per heavy atom. The van der Waals surface area contributed by atoms with E-state index in [1.54, 1.807) is 18.2 Å². The van der Waals surface area contributed by atoms with E-state index in [1.165, 1.54) is 30.7 Å². The topological polar surface area (TPSA) is 52.7 Å². The highest BCUT2D eigenvalue weighted by Gasteiger charge is 2.33. The van der Waals surface area contributed by atoms with Gasteiger partial charge in [0.25, 0.3) is 5.91 Å². The molecule has 4 rings (SSSR count). The lowest BCUT2D eigenvalue weighted by Crippen LogP contribution is -2.30. The van der Waals surface area contributed by atoms with E-state index in [1.807, 2.05) is 24.3 Å². The molecule has 2 fully saturated rings. The van der Waals surface area contributed by atoms with E-state index in [2.05, 4.69) is 10.2 Å². The number of nitrogens with one attached hydrogen (secondary N) is 1. The minimum atomic E-state index is -0.468. The minimum Gasteiger partial charge on any atom is -0.372 e. The third-order valence-electron chi connectivity index (χ3n) is 4.89. The van der Waals surface area contributed by atoms with Gasteiger partial charge < -0.3 is 10.2 Å². The lowest BCUT2D eigenvalue weighted by molar-refractivity contribution is -0.123. The Bertz CT molecular complexity index is 885. The summed E-state index contributed by atoms with van der Waals surface area (Å²) in [6.45, 7) is 2.26. The second-order valence-corrected chi connectivity index (χ2v) is 6.79. The predicted octanol–water partition coefficient (Wildman–Crippen LogP) is 3.52. The molecule has 6 heteroatoms. The van der Waals surface area contributed by atoms with Crippen LogP contribution < -0.4 is 10.2 Å². The molecule has 0 unspecified atom stereocenters. The van der Waals surface area contributed by atoms with E-state index >= 15 is 0 Å². The second kappa shape index (κ2) is 7.23. The number of amides is 3. The SMILES string of the molecule is O=C1N/C(=C\c2ccc(N3CCCC3)cc2)C(=O)N1Cc1ccc(F)cc1. The van der Waals surface area contributed by atoms with Crippen molar-refractivity contribution >= 4 is 23.7 Å². The molecule has 138 valence electrons. The molecule has 2 saturated heterocycles. The van der Waals surface area contributed by atoms with Crippen LogP contribution in [0.25, 0.3) is 6.08 Å². The highest BCUT2D eigenvalue weighted by molar-refractivity contribution is 6.13. The molecular formula is C21H20FN3O2. The average molecular weight is 365 g/mol. The van der Waals surface area contributed by atoms with Gasteiger partial charge in [0.1, 0.15) is 11.5 Å². The third-order valence-corrected chi connectivity index (χ3v) is 4.89. The van der Waals surface area contributed by atoms with E-state index in [0.29, 0.717) is 5.56 Å². The largest absolute Gasteiger partial charge is 0.372 e. The molecule has 27 heavy (non-hydrogen) atoms. The van der Waals surface area contributed by atoms with Crippen molar-refractivity contribution in [3.8, 4) is 0 Å². The Labute approximate surface area is 157 Å². The van der Waals surface area contributed by atoms with Crippen LogP contribution in [-0.2, 0) is 11.3 Å². The fourth-order valence-corrected chi connectivity index (χ4v) is 3.41. The molecule has 0 bridgehead atoms. The fourth-order valence-electron chi connectivity index (χ4n) is 3.41. The first-order valence-electron chi connectivity index (χ1n) is 9.04. The molecule has 0 atom stereocenters. The van der Waals surface area contributed by atoms with Gasteiger partial charge in [-0.05, 0) is 54.3 Å². The van der Waals surface area contributed by atoms with Crippen LogP contribution in [-0.4, -0.2) is 29.9 Å². The van der Waals surface area contributed by atoms with Crippen molar-refractivity contribution in [2.75, 3.05) is 18.0 Å². The van der Waals surface area contributed by atoms with Crippen molar-refractivity contribution in [2.45, 2.75) is 19.4 Å². The van der Waals surface area contributed by atoms with Crippen molar-refractivity contribution < 1.29 is 14.0 Å². The molecule has 2 aromatic carbocycles. The number of urea groups is 1. The minimum absolute atomic E-state index is 0.107. The summed E-state index contributed by atoms with van der Waals surface area (Å²) in [7, 11) is 0. The molecule has 2 aliphatic heterocycles. The zero-order valence-corrected chi connectivity index (χ0v) is 14.8. The molecular weight excluding hydrogens is 345 g/mol. The summed E-state index contributed by atoms with van der Waals surface area (Å²) >= 11 is 0. The van der Waals surface area contributed by atoms with Gasteiger partial charge in [-0.15, -0.1) is 0 Å². The zero-order valence-electron chi connectivity index (χ0n) is 14.8. The molecule has 2 aliphatic rings. The van der Waals surface area contributed by atoms with E-state index in [-0.39, 0.29) is 24.0 Å². The highest BCUT2D eigenvalue weighted by Crippen LogP contribution is 2.22. The lowest BCUT2D eigenvalue weighted by atomic mass is 10.1. The summed E-state index contributed by atoms with van der Waals surface area (Å²) in [5.74, 6) is -0.734. The number of nitrogens with zero attached hydrogens (tertiary/aromatic N) is 2. The summed E-state index contributed by atoms with van der Waals surface area (Å²) in [6, 6.07) is 13.3. The van der Waals surface area contributed by atoms with Crippen LogP contribution >= 0.6 is 0 Å². The van der Waals surface area contributed by atoms with Gasteiger partial charge in [0.15, 0.2) is 0 Å². The predicted molar refractivity (Wildman–Crippen MR) is 101 cm³/mol. The lowest BCUT2D eigenvalue weighted by Gasteiger charge is -2.17. The molecule has 0 radical (unpaired) electrons. The Kier molecular flexibility index (Phi) is 4.62. The van der Waals surface area contributed by atoms with Crippen molar-refractivity contribution in [1.82, 2.24) is 10.2 Å². The molecule has 3 amide bonds. The van der Waals surface area contributed by atoms with Gasteiger partial charge >= 0.3 is 6.03 Å². The molecule has 2 heterocycles. The number of carbonyl (C=O) groups is 2. The Morgan fingerprint density at radius 2 is 1.63 bits per heavy atom. The standard InChI is InChI=1S/C21H20FN3O2/c22-17-7-3-16(4-8-17)14-25-20(26)19(23-21(25)27)13-15-5-9-18(10-6-15)24-11-1-2-12-24/h3-10,13H,1-2,11-12,14H2,(H,23,27)/b19-13-. The van der Waals surface area contributed by atoms with Crippen molar-refractivity contribution in [1.29, 1.82) is 0 Å². The van der Waals surface area contributed by atoms with E-state index < -0.39 is 6.03 Å². The van der Waals surface area contributed by atoms with E-state index in [4.69, 9.17) is 0 Å². The number of anilines is 1. The smallest absolute Gasteiger partial charge is 0.329 e. The number of hydrogen-bond acceptors (Lipinski definition) is 3. The molecule has 5 nitrogen and oxygen atoms in total. The van der Waals surface area contributed by atoms with Crippen LogP contribution in [0.15, 0.2) is 54.2 Å². The summed E-state index contributed by atoms with van der Waals surface area (Å²) in [6.07, 6.45) is 4.12. The number of benzene rings is 2. The van der Waals surface area contributed by atoms with Gasteiger partial charge in [-0.1, -0.05) is 24.3 Å². The Morgan fingerprint density at radius 1 is 0.963 bits per heavy atom. The van der Waals surface area contributed by atoms with Crippen LogP contribution in [0.3, 0.4) is 0 Å². The maximum Gasteiger partial charge on any atom is 0.329 e. The maximum absolute atomic E-state index is 13.0. The normalized spacial score (nSPS) is 18.5. The molecule has 0 aromatic heterocycles. The van der Waals surface area contributed by atoms with Crippen molar-refractivity contribution in [3.63, 3.8) is 0 Å². The molecule has 0 aliphatic carbocycles. The summed E-state index contributed by atoms with van der Waals surface area (Å²) in [4.78, 5) is 28.2. The van der Waals surface area contributed by atoms with Gasteiger partial charge in [0, 0.05) is 18.8 Å². The monoisotopic (exact) mass is 365 g/mol. The quantitative estimate of drug-likeness (QED) is 0.666. The van der Waals surface area contributed by atoms with Gasteiger partial charge in [-0.3, -0.25) is 9.69 Å². The third kappa shape index (κ3) is 3.69.